The van der Waals surface area contributed by atoms with Crippen LogP contribution >= 0.6 is 58.6 Å². The zero-order chi connectivity index (χ0) is 10.7. The van der Waals surface area contributed by atoms with Gasteiger partial charge in [-0.1, -0.05) is 50.7 Å². The van der Waals surface area contributed by atoms with Crippen LogP contribution in [-0.4, -0.2) is 23.0 Å². The smallest absolute Gasteiger partial charge is 0.290 e. The molecule has 0 saturated carbocycles. The first-order valence-electron chi connectivity index (χ1n) is 2.86. The Morgan fingerprint density at radius 1 is 1.31 bits per heavy atom. The van der Waals surface area contributed by atoms with E-state index in [9.17, 15) is 4.57 Å². The standard InChI is InChI=1S/C4H7BrCl3O4P/c1-10-13(9,11-2)12-3(5)4(6,7)8/h3H,1-2H3. The maximum absolute atomic E-state index is 11.3. The zero-order valence-corrected chi connectivity index (χ0v) is 11.4. The molecule has 0 aromatic heterocycles. The van der Waals surface area contributed by atoms with Crippen molar-refractivity contribution in [2.75, 3.05) is 14.2 Å². The number of phosphoric acid groups is 1. The molecule has 0 saturated heterocycles. The number of hydrogen-bond donors (Lipinski definition) is 0. The molecular weight excluding hydrogens is 329 g/mol. The minimum Gasteiger partial charge on any atom is -0.290 e. The van der Waals surface area contributed by atoms with Gasteiger partial charge >= 0.3 is 7.82 Å². The number of hydrogen-bond acceptors (Lipinski definition) is 4. The van der Waals surface area contributed by atoms with Crippen LogP contribution in [0.15, 0.2) is 0 Å². The fourth-order valence-electron chi connectivity index (χ4n) is 0.334. The molecule has 9 heteroatoms. The Morgan fingerprint density at radius 3 is 1.92 bits per heavy atom. The molecule has 13 heavy (non-hydrogen) atoms. The van der Waals surface area contributed by atoms with Crippen molar-refractivity contribution in [2.24, 2.45) is 0 Å². The van der Waals surface area contributed by atoms with Gasteiger partial charge in [-0.3, -0.25) is 13.6 Å². The van der Waals surface area contributed by atoms with Crippen LogP contribution in [0.3, 0.4) is 0 Å². The summed E-state index contributed by atoms with van der Waals surface area (Å²) in [5.74, 6) is 0. The molecule has 4 nitrogen and oxygen atoms in total. The molecule has 0 N–H and O–H groups in total. The molecule has 0 aromatic rings. The molecular formula is C4H7BrCl3O4P. The van der Waals surface area contributed by atoms with E-state index >= 15 is 0 Å². The van der Waals surface area contributed by atoms with Crippen molar-refractivity contribution in [1.29, 1.82) is 0 Å². The largest absolute Gasteiger partial charge is 0.475 e. The van der Waals surface area contributed by atoms with Gasteiger partial charge < -0.3 is 0 Å². The first-order valence-corrected chi connectivity index (χ1v) is 6.37. The van der Waals surface area contributed by atoms with Crippen molar-refractivity contribution in [3.8, 4) is 0 Å². The minimum absolute atomic E-state index is 1.09. The third kappa shape index (κ3) is 5.19. The second-order valence-electron chi connectivity index (χ2n) is 1.78. The Hall–Kier alpha value is 1.46. The molecule has 0 rings (SSSR count). The van der Waals surface area contributed by atoms with Crippen molar-refractivity contribution in [1.82, 2.24) is 0 Å². The lowest BCUT2D eigenvalue weighted by atomic mass is 10.8. The van der Waals surface area contributed by atoms with Crippen LogP contribution in [0.2, 0.25) is 0 Å². The van der Waals surface area contributed by atoms with Crippen molar-refractivity contribution < 1.29 is 18.1 Å². The lowest BCUT2D eigenvalue weighted by Gasteiger charge is -2.22. The number of phosphoric ester groups is 1. The van der Waals surface area contributed by atoms with E-state index in [4.69, 9.17) is 39.3 Å². The maximum atomic E-state index is 11.3. The predicted molar refractivity (Wildman–Crippen MR) is 55.7 cm³/mol. The molecule has 0 aromatic carbocycles. The summed E-state index contributed by atoms with van der Waals surface area (Å²) in [5.41, 5.74) is 0. The first kappa shape index (κ1) is 14.5. The van der Waals surface area contributed by atoms with Crippen molar-refractivity contribution >= 4 is 58.6 Å². The average Bonchev–Trinajstić information content (AvgIpc) is 2.02. The molecule has 1 unspecified atom stereocenters. The fourth-order valence-corrected chi connectivity index (χ4v) is 1.97. The second kappa shape index (κ2) is 5.52. The summed E-state index contributed by atoms with van der Waals surface area (Å²) in [5, 5.41) is -1.09. The quantitative estimate of drug-likeness (QED) is 0.582. The van der Waals surface area contributed by atoms with Gasteiger partial charge in [-0.25, -0.2) is 4.57 Å². The number of alkyl halides is 4. The Bertz CT molecular complexity index is 200. The SMILES string of the molecule is COP(=O)(OC)OC(Br)C(Cl)(Cl)Cl. The molecule has 0 spiro atoms. The summed E-state index contributed by atoms with van der Waals surface area (Å²) >= 11 is 19.2. The summed E-state index contributed by atoms with van der Waals surface area (Å²) in [6, 6.07) is 0. The van der Waals surface area contributed by atoms with E-state index in [2.05, 4.69) is 25.0 Å². The van der Waals surface area contributed by atoms with E-state index in [1.165, 1.54) is 0 Å². The molecule has 0 aliphatic heterocycles. The molecule has 0 heterocycles. The molecule has 0 aliphatic rings. The summed E-state index contributed by atoms with van der Waals surface area (Å²) in [4.78, 5) is 0. The average molecular weight is 336 g/mol. The van der Waals surface area contributed by atoms with E-state index in [-0.39, 0.29) is 0 Å². The van der Waals surface area contributed by atoms with Gasteiger partial charge in [0, 0.05) is 14.2 Å². The highest BCUT2D eigenvalue weighted by atomic mass is 79.9. The van der Waals surface area contributed by atoms with Gasteiger partial charge in [-0.15, -0.1) is 0 Å². The highest BCUT2D eigenvalue weighted by Gasteiger charge is 2.38. The van der Waals surface area contributed by atoms with Gasteiger partial charge in [-0.2, -0.15) is 0 Å². The molecule has 0 amide bonds. The Balaban J connectivity index is 4.35. The summed E-state index contributed by atoms with van der Waals surface area (Å²) in [6.07, 6.45) is 0. The van der Waals surface area contributed by atoms with Crippen LogP contribution in [0.1, 0.15) is 0 Å². The van der Waals surface area contributed by atoms with Crippen molar-refractivity contribution in [3.05, 3.63) is 0 Å². The van der Waals surface area contributed by atoms with E-state index in [1.54, 1.807) is 0 Å². The van der Waals surface area contributed by atoms with Gasteiger partial charge in [0.05, 0.1) is 0 Å². The van der Waals surface area contributed by atoms with Crippen LogP contribution in [-0.2, 0) is 18.1 Å². The van der Waals surface area contributed by atoms with Gasteiger partial charge in [-0.05, 0) is 0 Å². The van der Waals surface area contributed by atoms with Crippen molar-refractivity contribution in [3.63, 3.8) is 0 Å². The highest BCUT2D eigenvalue weighted by molar-refractivity contribution is 9.09. The van der Waals surface area contributed by atoms with Crippen LogP contribution in [0.4, 0.5) is 0 Å². The van der Waals surface area contributed by atoms with Crippen LogP contribution < -0.4 is 0 Å². The van der Waals surface area contributed by atoms with Gasteiger partial charge in [0.2, 0.25) is 3.79 Å². The van der Waals surface area contributed by atoms with Crippen molar-refractivity contribution in [2.45, 2.75) is 8.81 Å². The maximum Gasteiger partial charge on any atom is 0.475 e. The molecule has 0 radical (unpaired) electrons. The monoisotopic (exact) mass is 334 g/mol. The molecule has 0 bridgehead atoms. The van der Waals surface area contributed by atoms with E-state index < -0.39 is 16.6 Å². The third-order valence-corrected chi connectivity index (χ3v) is 4.84. The number of halogens is 4. The van der Waals surface area contributed by atoms with Gasteiger partial charge in [0.15, 0.2) is 5.01 Å². The molecule has 1 atom stereocenters. The fraction of sp³-hybridized carbons (Fsp3) is 1.00. The summed E-state index contributed by atoms with van der Waals surface area (Å²) < 4.78 is 23.2. The van der Waals surface area contributed by atoms with E-state index in [0.29, 0.717) is 0 Å². The van der Waals surface area contributed by atoms with Crippen LogP contribution in [0.25, 0.3) is 0 Å². The first-order chi connectivity index (χ1) is 5.75. The van der Waals surface area contributed by atoms with Crippen LogP contribution in [0, 0.1) is 0 Å². The van der Waals surface area contributed by atoms with Crippen LogP contribution in [0.5, 0.6) is 0 Å². The van der Waals surface area contributed by atoms with E-state index in [1.807, 2.05) is 0 Å². The Morgan fingerprint density at radius 2 is 1.69 bits per heavy atom. The van der Waals surface area contributed by atoms with Gasteiger partial charge in [0.1, 0.15) is 0 Å². The normalized spacial score (nSPS) is 15.8. The van der Waals surface area contributed by atoms with E-state index in [0.717, 1.165) is 14.2 Å². The Labute approximate surface area is 99.5 Å². The van der Waals surface area contributed by atoms with Gasteiger partial charge in [0.25, 0.3) is 0 Å². The Kier molecular flexibility index (Phi) is 6.14. The lowest BCUT2D eigenvalue weighted by Crippen LogP contribution is -2.21. The lowest BCUT2D eigenvalue weighted by molar-refractivity contribution is 0.145. The topological polar surface area (TPSA) is 44.8 Å². The molecule has 80 valence electrons. The highest BCUT2D eigenvalue weighted by Crippen LogP contribution is 2.53. The summed E-state index contributed by atoms with van der Waals surface area (Å²) in [7, 11) is -1.32. The molecule has 0 fully saturated rings. The third-order valence-electron chi connectivity index (χ3n) is 0.926. The zero-order valence-electron chi connectivity index (χ0n) is 6.67. The molecule has 0 aliphatic carbocycles. The second-order valence-corrected chi connectivity index (χ2v) is 6.81. The summed E-state index contributed by atoms with van der Waals surface area (Å²) in [6.45, 7) is 0. The number of rotatable bonds is 4. The predicted octanol–water partition coefficient (Wildman–Crippen LogP) is 3.50. The minimum atomic E-state index is -3.63.